The van der Waals surface area contributed by atoms with E-state index in [-0.39, 0.29) is 6.10 Å². The van der Waals surface area contributed by atoms with Gasteiger partial charge in [0, 0.05) is 6.61 Å². The number of carbonyl (C=O) groups is 1. The monoisotopic (exact) mass is 226 g/mol. The zero-order valence-electron chi connectivity index (χ0n) is 10.1. The number of carboxylic acids is 1. The summed E-state index contributed by atoms with van der Waals surface area (Å²) in [6.07, 6.45) is 7.01. The highest BCUT2D eigenvalue weighted by Gasteiger charge is 2.45. The molecule has 1 N–H and O–H groups in total. The van der Waals surface area contributed by atoms with E-state index in [9.17, 15) is 9.90 Å². The van der Waals surface area contributed by atoms with Crippen molar-refractivity contribution in [3.63, 3.8) is 0 Å². The second-order valence-corrected chi connectivity index (χ2v) is 5.63. The highest BCUT2D eigenvalue weighted by molar-refractivity contribution is 5.75. The summed E-state index contributed by atoms with van der Waals surface area (Å²) in [6.45, 7) is 2.97. The smallest absolute Gasteiger partial charge is 0.309 e. The molecule has 2 fully saturated rings. The quantitative estimate of drug-likeness (QED) is 0.805. The first-order chi connectivity index (χ1) is 7.62. The fraction of sp³-hybridized carbons (Fsp3) is 0.923. The highest BCUT2D eigenvalue weighted by Crippen LogP contribution is 2.46. The predicted molar refractivity (Wildman–Crippen MR) is 61.3 cm³/mol. The number of rotatable bonds is 3. The number of hydrogen-bond acceptors (Lipinski definition) is 2. The molecule has 3 atom stereocenters. The summed E-state index contributed by atoms with van der Waals surface area (Å²) in [5.41, 5.74) is -0.485. The van der Waals surface area contributed by atoms with E-state index < -0.39 is 11.4 Å². The topological polar surface area (TPSA) is 46.5 Å². The van der Waals surface area contributed by atoms with Crippen molar-refractivity contribution in [1.82, 2.24) is 0 Å². The molecule has 2 aliphatic rings. The van der Waals surface area contributed by atoms with Gasteiger partial charge < -0.3 is 9.84 Å². The minimum absolute atomic E-state index is 0.190. The van der Waals surface area contributed by atoms with Crippen LogP contribution in [0.5, 0.6) is 0 Å². The lowest BCUT2D eigenvalue weighted by atomic mass is 9.79. The minimum atomic E-state index is -0.606. The van der Waals surface area contributed by atoms with Gasteiger partial charge in [0.1, 0.15) is 0 Å². The van der Waals surface area contributed by atoms with Gasteiger partial charge in [0.2, 0.25) is 0 Å². The van der Waals surface area contributed by atoms with E-state index in [2.05, 4.69) is 6.92 Å². The first-order valence-electron chi connectivity index (χ1n) is 6.47. The van der Waals surface area contributed by atoms with Crippen molar-refractivity contribution in [2.75, 3.05) is 6.61 Å². The molecule has 0 aromatic heterocycles. The molecule has 3 heteroatoms. The van der Waals surface area contributed by atoms with Crippen LogP contribution in [-0.4, -0.2) is 23.8 Å². The average molecular weight is 226 g/mol. The van der Waals surface area contributed by atoms with Gasteiger partial charge in [0.15, 0.2) is 0 Å². The summed E-state index contributed by atoms with van der Waals surface area (Å²) < 4.78 is 5.69. The maximum absolute atomic E-state index is 11.5. The summed E-state index contributed by atoms with van der Waals surface area (Å²) in [5, 5.41) is 9.46. The third kappa shape index (κ3) is 2.40. The molecule has 0 amide bonds. The van der Waals surface area contributed by atoms with E-state index >= 15 is 0 Å². The molecule has 3 unspecified atom stereocenters. The molecule has 16 heavy (non-hydrogen) atoms. The molecule has 92 valence electrons. The van der Waals surface area contributed by atoms with E-state index in [0.29, 0.717) is 5.92 Å². The van der Waals surface area contributed by atoms with Gasteiger partial charge in [-0.1, -0.05) is 6.92 Å². The molecule has 1 saturated carbocycles. The van der Waals surface area contributed by atoms with Crippen LogP contribution in [-0.2, 0) is 9.53 Å². The largest absolute Gasteiger partial charge is 0.481 e. The number of ether oxygens (including phenoxy) is 1. The fourth-order valence-corrected chi connectivity index (χ4v) is 3.26. The van der Waals surface area contributed by atoms with Gasteiger partial charge in [-0.2, -0.15) is 0 Å². The Hall–Kier alpha value is -0.570. The molecule has 0 bridgehead atoms. The van der Waals surface area contributed by atoms with E-state index in [1.54, 1.807) is 0 Å². The zero-order valence-corrected chi connectivity index (χ0v) is 10.1. The zero-order chi connectivity index (χ0) is 11.6. The summed E-state index contributed by atoms with van der Waals surface area (Å²) in [7, 11) is 0. The van der Waals surface area contributed by atoms with E-state index in [0.717, 1.165) is 45.1 Å². The molecular formula is C13H22O3. The van der Waals surface area contributed by atoms with Gasteiger partial charge in [0.25, 0.3) is 0 Å². The van der Waals surface area contributed by atoms with Gasteiger partial charge in [-0.05, 0) is 50.9 Å². The molecule has 1 saturated heterocycles. The van der Waals surface area contributed by atoms with Gasteiger partial charge in [-0.15, -0.1) is 0 Å². The lowest BCUT2D eigenvalue weighted by Gasteiger charge is -2.31. The van der Waals surface area contributed by atoms with Crippen LogP contribution in [0.25, 0.3) is 0 Å². The van der Waals surface area contributed by atoms with Crippen LogP contribution in [0.2, 0.25) is 0 Å². The van der Waals surface area contributed by atoms with Crippen LogP contribution in [0, 0.1) is 11.3 Å². The second kappa shape index (κ2) is 4.74. The highest BCUT2D eigenvalue weighted by atomic mass is 16.5. The Balaban J connectivity index is 1.99. The summed E-state index contributed by atoms with van der Waals surface area (Å²) in [6, 6.07) is 0. The van der Waals surface area contributed by atoms with Gasteiger partial charge in [-0.3, -0.25) is 4.79 Å². The Kier molecular flexibility index (Phi) is 3.53. The van der Waals surface area contributed by atoms with Crippen molar-refractivity contribution >= 4 is 5.97 Å². The Morgan fingerprint density at radius 3 is 2.75 bits per heavy atom. The molecule has 0 radical (unpaired) electrons. The third-order valence-corrected chi connectivity index (χ3v) is 4.20. The van der Waals surface area contributed by atoms with Crippen molar-refractivity contribution in [1.29, 1.82) is 0 Å². The number of carboxylic acid groups (broad SMARTS) is 1. The van der Waals surface area contributed by atoms with Gasteiger partial charge in [0.05, 0.1) is 11.5 Å². The van der Waals surface area contributed by atoms with E-state index in [1.165, 1.54) is 6.42 Å². The first kappa shape index (κ1) is 11.9. The predicted octanol–water partition coefficient (Wildman–Crippen LogP) is 2.84. The van der Waals surface area contributed by atoms with Crippen molar-refractivity contribution in [2.24, 2.45) is 11.3 Å². The molecule has 0 aromatic carbocycles. The molecule has 1 aliphatic heterocycles. The standard InChI is InChI=1S/C13H22O3/c1-10-5-6-13(8-10,12(14)15)9-11-4-2-3-7-16-11/h10-11H,2-9H2,1H3,(H,14,15). The van der Waals surface area contributed by atoms with Gasteiger partial charge in [-0.25, -0.2) is 0 Å². The summed E-state index contributed by atoms with van der Waals surface area (Å²) in [5.74, 6) is -0.0503. The SMILES string of the molecule is CC1CCC(CC2CCCCO2)(C(=O)O)C1. The Labute approximate surface area is 97.2 Å². The van der Waals surface area contributed by atoms with Crippen LogP contribution in [0.15, 0.2) is 0 Å². The number of hydrogen-bond donors (Lipinski definition) is 1. The van der Waals surface area contributed by atoms with Crippen LogP contribution in [0.3, 0.4) is 0 Å². The van der Waals surface area contributed by atoms with Crippen molar-refractivity contribution < 1.29 is 14.6 Å². The molecule has 0 spiro atoms. The fourth-order valence-electron chi connectivity index (χ4n) is 3.26. The summed E-state index contributed by atoms with van der Waals surface area (Å²) in [4.78, 5) is 11.5. The van der Waals surface area contributed by atoms with Crippen molar-refractivity contribution in [3.8, 4) is 0 Å². The van der Waals surface area contributed by atoms with Gasteiger partial charge >= 0.3 is 5.97 Å². The maximum Gasteiger partial charge on any atom is 0.309 e. The molecule has 0 aromatic rings. The molecular weight excluding hydrogens is 204 g/mol. The maximum atomic E-state index is 11.5. The molecule has 3 nitrogen and oxygen atoms in total. The summed E-state index contributed by atoms with van der Waals surface area (Å²) >= 11 is 0. The van der Waals surface area contributed by atoms with E-state index in [1.807, 2.05) is 0 Å². The average Bonchev–Trinajstić information content (AvgIpc) is 2.63. The van der Waals surface area contributed by atoms with Crippen LogP contribution >= 0.6 is 0 Å². The second-order valence-electron chi connectivity index (χ2n) is 5.63. The van der Waals surface area contributed by atoms with Crippen molar-refractivity contribution in [3.05, 3.63) is 0 Å². The van der Waals surface area contributed by atoms with E-state index in [4.69, 9.17) is 4.74 Å². The van der Waals surface area contributed by atoms with Crippen LogP contribution in [0.4, 0.5) is 0 Å². The lowest BCUT2D eigenvalue weighted by molar-refractivity contribution is -0.152. The van der Waals surface area contributed by atoms with Crippen LogP contribution in [0.1, 0.15) is 51.9 Å². The Bertz CT molecular complexity index is 258. The molecule has 1 heterocycles. The Morgan fingerprint density at radius 2 is 2.25 bits per heavy atom. The third-order valence-electron chi connectivity index (χ3n) is 4.20. The Morgan fingerprint density at radius 1 is 1.44 bits per heavy atom. The molecule has 2 rings (SSSR count). The van der Waals surface area contributed by atoms with Crippen LogP contribution < -0.4 is 0 Å². The first-order valence-corrected chi connectivity index (χ1v) is 6.47. The minimum Gasteiger partial charge on any atom is -0.481 e. The molecule has 1 aliphatic carbocycles. The lowest BCUT2D eigenvalue weighted by Crippen LogP contribution is -2.34. The number of aliphatic carboxylic acids is 1. The van der Waals surface area contributed by atoms with Crippen molar-refractivity contribution in [2.45, 2.75) is 58.0 Å². The normalized spacial score (nSPS) is 39.8.